The number of rotatable bonds is 4. The molecule has 1 aliphatic heterocycles. The lowest BCUT2D eigenvalue weighted by atomic mass is 10.1. The highest BCUT2D eigenvalue weighted by atomic mass is 32.2. The molecule has 5 nitrogen and oxygen atoms in total. The summed E-state index contributed by atoms with van der Waals surface area (Å²) < 4.78 is 48.7. The van der Waals surface area contributed by atoms with Crippen LogP contribution in [0.25, 0.3) is 0 Å². The van der Waals surface area contributed by atoms with Crippen molar-refractivity contribution in [1.29, 1.82) is 0 Å². The van der Waals surface area contributed by atoms with E-state index in [1.807, 2.05) is 0 Å². The monoisotopic (exact) mass is 295 g/mol. The molecular formula is C9H13NO4S3. The molecule has 0 saturated carbocycles. The van der Waals surface area contributed by atoms with E-state index in [2.05, 4.69) is 4.72 Å². The third-order valence-corrected chi connectivity index (χ3v) is 7.31. The van der Waals surface area contributed by atoms with Crippen molar-refractivity contribution in [3.63, 3.8) is 0 Å². The van der Waals surface area contributed by atoms with Gasteiger partial charge >= 0.3 is 0 Å². The Kier molecular flexibility index (Phi) is 3.58. The standard InChI is InChI=1S/C9H13NO4S3/c11-16(12)5-3-8(7-16)6-10-17(13,14)9-2-1-4-15-9/h1-2,4,8,10H,3,5-7H2/t8-/m0/s1. The highest BCUT2D eigenvalue weighted by Gasteiger charge is 2.29. The second-order valence-electron chi connectivity index (χ2n) is 4.05. The minimum Gasteiger partial charge on any atom is -0.229 e. The molecule has 1 N–H and O–H groups in total. The number of hydrogen-bond acceptors (Lipinski definition) is 5. The second-order valence-corrected chi connectivity index (χ2v) is 9.22. The first kappa shape index (κ1) is 13.0. The van der Waals surface area contributed by atoms with Crippen LogP contribution in [-0.4, -0.2) is 34.9 Å². The van der Waals surface area contributed by atoms with Crippen molar-refractivity contribution in [3.8, 4) is 0 Å². The van der Waals surface area contributed by atoms with Gasteiger partial charge in [-0.05, 0) is 23.8 Å². The van der Waals surface area contributed by atoms with E-state index in [1.54, 1.807) is 11.4 Å². The molecule has 1 fully saturated rings. The minimum atomic E-state index is -3.47. The Hall–Kier alpha value is -0.440. The quantitative estimate of drug-likeness (QED) is 0.875. The lowest BCUT2D eigenvalue weighted by Crippen LogP contribution is -2.29. The van der Waals surface area contributed by atoms with Gasteiger partial charge in [0.15, 0.2) is 9.84 Å². The molecule has 1 atom stereocenters. The van der Waals surface area contributed by atoms with Crippen LogP contribution in [0.1, 0.15) is 6.42 Å². The van der Waals surface area contributed by atoms with Gasteiger partial charge in [0, 0.05) is 6.54 Å². The summed E-state index contributed by atoms with van der Waals surface area (Å²) >= 11 is 1.14. The van der Waals surface area contributed by atoms with Gasteiger partial charge in [-0.25, -0.2) is 21.6 Å². The van der Waals surface area contributed by atoms with E-state index in [0.29, 0.717) is 6.42 Å². The van der Waals surface area contributed by atoms with Crippen LogP contribution >= 0.6 is 11.3 Å². The SMILES string of the molecule is O=S1(=O)CC[C@@H](CNS(=O)(=O)c2cccs2)C1. The number of sulfone groups is 1. The molecular weight excluding hydrogens is 282 g/mol. The van der Waals surface area contributed by atoms with E-state index in [-0.39, 0.29) is 28.2 Å². The molecule has 2 heterocycles. The van der Waals surface area contributed by atoms with E-state index in [0.717, 1.165) is 11.3 Å². The van der Waals surface area contributed by atoms with Crippen LogP contribution in [0.3, 0.4) is 0 Å². The maximum atomic E-state index is 11.8. The van der Waals surface area contributed by atoms with Crippen LogP contribution in [0, 0.1) is 5.92 Å². The molecule has 0 amide bonds. The number of thiophene rings is 1. The first-order chi connectivity index (χ1) is 7.89. The third-order valence-electron chi connectivity index (χ3n) is 2.65. The fourth-order valence-electron chi connectivity index (χ4n) is 1.75. The first-order valence-corrected chi connectivity index (χ1v) is 9.31. The Labute approximate surface area is 105 Å². The Bertz CT molecular complexity index is 574. The number of nitrogens with one attached hydrogen (secondary N) is 1. The molecule has 1 aromatic heterocycles. The summed E-state index contributed by atoms with van der Waals surface area (Å²) in [7, 11) is -6.42. The molecule has 1 aliphatic rings. The molecule has 8 heteroatoms. The molecule has 0 spiro atoms. The lowest BCUT2D eigenvalue weighted by Gasteiger charge is -2.08. The van der Waals surface area contributed by atoms with Crippen molar-refractivity contribution in [3.05, 3.63) is 17.5 Å². The van der Waals surface area contributed by atoms with Crippen LogP contribution in [-0.2, 0) is 19.9 Å². The van der Waals surface area contributed by atoms with Gasteiger partial charge in [0.25, 0.3) is 0 Å². The van der Waals surface area contributed by atoms with Gasteiger partial charge in [0.05, 0.1) is 11.5 Å². The molecule has 17 heavy (non-hydrogen) atoms. The van der Waals surface area contributed by atoms with Gasteiger partial charge in [-0.3, -0.25) is 0 Å². The predicted molar refractivity (Wildman–Crippen MR) is 66.3 cm³/mol. The Morgan fingerprint density at radius 1 is 1.47 bits per heavy atom. The van der Waals surface area contributed by atoms with Gasteiger partial charge in [-0.15, -0.1) is 11.3 Å². The van der Waals surface area contributed by atoms with Crippen molar-refractivity contribution in [2.24, 2.45) is 5.92 Å². The largest absolute Gasteiger partial charge is 0.250 e. The van der Waals surface area contributed by atoms with Crippen molar-refractivity contribution in [2.45, 2.75) is 10.6 Å². The van der Waals surface area contributed by atoms with E-state index < -0.39 is 19.9 Å². The van der Waals surface area contributed by atoms with Crippen LogP contribution < -0.4 is 4.72 Å². The summed E-state index contributed by atoms with van der Waals surface area (Å²) in [6.45, 7) is 0.194. The normalized spacial score (nSPS) is 23.9. The smallest absolute Gasteiger partial charge is 0.229 e. The molecule has 2 rings (SSSR count). The summed E-state index contributed by atoms with van der Waals surface area (Å²) in [5, 5.41) is 1.69. The molecule has 1 saturated heterocycles. The summed E-state index contributed by atoms with van der Waals surface area (Å²) in [6, 6.07) is 3.19. The molecule has 0 aliphatic carbocycles. The maximum absolute atomic E-state index is 11.8. The lowest BCUT2D eigenvalue weighted by molar-refractivity contribution is 0.544. The fourth-order valence-corrected chi connectivity index (χ4v) is 5.76. The topological polar surface area (TPSA) is 80.3 Å². The second kappa shape index (κ2) is 4.68. The zero-order valence-corrected chi connectivity index (χ0v) is 11.4. The van der Waals surface area contributed by atoms with Crippen LogP contribution in [0.15, 0.2) is 21.7 Å². The Balaban J connectivity index is 1.96. The minimum absolute atomic E-state index is 0.0833. The van der Waals surface area contributed by atoms with Gasteiger partial charge in [0.2, 0.25) is 10.0 Å². The van der Waals surface area contributed by atoms with Crippen LogP contribution in [0.4, 0.5) is 0 Å². The maximum Gasteiger partial charge on any atom is 0.250 e. The average Bonchev–Trinajstić information content (AvgIpc) is 2.84. The van der Waals surface area contributed by atoms with Crippen molar-refractivity contribution >= 4 is 31.2 Å². The highest BCUT2D eigenvalue weighted by Crippen LogP contribution is 2.19. The molecule has 1 aromatic rings. The number of sulfonamides is 1. The van der Waals surface area contributed by atoms with Gasteiger partial charge in [-0.1, -0.05) is 6.07 Å². The van der Waals surface area contributed by atoms with Crippen molar-refractivity contribution in [1.82, 2.24) is 4.72 Å². The Morgan fingerprint density at radius 2 is 2.24 bits per heavy atom. The molecule has 96 valence electrons. The Morgan fingerprint density at radius 3 is 2.76 bits per heavy atom. The summed E-state index contributed by atoms with van der Waals surface area (Å²) in [4.78, 5) is 0. The summed E-state index contributed by atoms with van der Waals surface area (Å²) in [5.74, 6) is 0.146. The van der Waals surface area contributed by atoms with Crippen LogP contribution in [0.2, 0.25) is 0 Å². The van der Waals surface area contributed by atoms with E-state index in [4.69, 9.17) is 0 Å². The van der Waals surface area contributed by atoms with Gasteiger partial charge < -0.3 is 0 Å². The van der Waals surface area contributed by atoms with Crippen LogP contribution in [0.5, 0.6) is 0 Å². The molecule has 0 unspecified atom stereocenters. The third kappa shape index (κ3) is 3.27. The number of hydrogen-bond donors (Lipinski definition) is 1. The van der Waals surface area contributed by atoms with Gasteiger partial charge in [0.1, 0.15) is 4.21 Å². The highest BCUT2D eigenvalue weighted by molar-refractivity contribution is 7.92. The van der Waals surface area contributed by atoms with E-state index in [1.165, 1.54) is 6.07 Å². The predicted octanol–water partition coefficient (Wildman–Crippen LogP) is 0.461. The zero-order valence-electron chi connectivity index (χ0n) is 9.00. The van der Waals surface area contributed by atoms with E-state index in [9.17, 15) is 16.8 Å². The molecule has 0 radical (unpaired) electrons. The summed E-state index contributed by atoms with van der Waals surface area (Å²) in [6.07, 6.45) is 0.537. The van der Waals surface area contributed by atoms with Gasteiger partial charge in [-0.2, -0.15) is 0 Å². The van der Waals surface area contributed by atoms with E-state index >= 15 is 0 Å². The fraction of sp³-hybridized carbons (Fsp3) is 0.556. The zero-order chi connectivity index (χ0) is 12.5. The van der Waals surface area contributed by atoms with Crippen molar-refractivity contribution < 1.29 is 16.8 Å². The average molecular weight is 295 g/mol. The summed E-state index contributed by atoms with van der Waals surface area (Å²) in [5.41, 5.74) is 0. The molecule has 0 bridgehead atoms. The first-order valence-electron chi connectivity index (χ1n) is 5.13. The molecule has 0 aromatic carbocycles. The van der Waals surface area contributed by atoms with Crippen molar-refractivity contribution in [2.75, 3.05) is 18.1 Å².